The van der Waals surface area contributed by atoms with Crippen molar-refractivity contribution < 1.29 is 9.32 Å². The first kappa shape index (κ1) is 15.0. The van der Waals surface area contributed by atoms with E-state index in [0.717, 1.165) is 18.8 Å². The predicted octanol–water partition coefficient (Wildman–Crippen LogP) is 2.26. The Morgan fingerprint density at radius 1 is 1.40 bits per heavy atom. The summed E-state index contributed by atoms with van der Waals surface area (Å²) in [6, 6.07) is 2.43. The van der Waals surface area contributed by atoms with E-state index in [1.54, 1.807) is 6.07 Å². The third kappa shape index (κ3) is 3.20. The first-order valence-electron chi connectivity index (χ1n) is 7.40. The summed E-state index contributed by atoms with van der Waals surface area (Å²) in [5, 5.41) is 6.94. The zero-order valence-electron chi connectivity index (χ0n) is 13.0. The minimum atomic E-state index is -0.136. The maximum Gasteiger partial charge on any atom is 0.273 e. The monoisotopic (exact) mass is 279 g/mol. The molecule has 0 aliphatic carbocycles. The summed E-state index contributed by atoms with van der Waals surface area (Å²) in [7, 11) is 0. The Hall–Kier alpha value is -1.36. The predicted molar refractivity (Wildman–Crippen MR) is 77.7 cm³/mol. The molecule has 2 heterocycles. The van der Waals surface area contributed by atoms with E-state index >= 15 is 0 Å². The molecule has 0 aromatic carbocycles. The van der Waals surface area contributed by atoms with Crippen LogP contribution < -0.4 is 5.32 Å². The van der Waals surface area contributed by atoms with Crippen LogP contribution in [0.4, 0.5) is 0 Å². The molecule has 2 rings (SSSR count). The third-order valence-corrected chi connectivity index (χ3v) is 4.02. The van der Waals surface area contributed by atoms with Crippen molar-refractivity contribution in [1.29, 1.82) is 0 Å². The summed E-state index contributed by atoms with van der Waals surface area (Å²) in [6.07, 6.45) is 0. The normalized spacial score (nSPS) is 23.8. The van der Waals surface area contributed by atoms with Gasteiger partial charge in [0, 0.05) is 37.2 Å². The fourth-order valence-corrected chi connectivity index (χ4v) is 2.52. The van der Waals surface area contributed by atoms with Crippen molar-refractivity contribution in [2.24, 2.45) is 5.92 Å². The zero-order valence-corrected chi connectivity index (χ0v) is 13.0. The summed E-state index contributed by atoms with van der Waals surface area (Å²) < 4.78 is 5.18. The van der Waals surface area contributed by atoms with Crippen molar-refractivity contribution in [3.63, 3.8) is 0 Å². The second-order valence-electron chi connectivity index (χ2n) is 6.37. The van der Waals surface area contributed by atoms with Crippen LogP contribution in [0.25, 0.3) is 0 Å². The van der Waals surface area contributed by atoms with Crippen LogP contribution in [-0.2, 0) is 0 Å². The van der Waals surface area contributed by atoms with Gasteiger partial charge in [0.15, 0.2) is 5.69 Å². The molecule has 0 saturated carbocycles. The number of nitrogens with zero attached hydrogens (tertiary/aromatic N) is 2. The molecule has 1 aliphatic rings. The number of carbonyl (C=O) groups excluding carboxylic acids is 1. The van der Waals surface area contributed by atoms with Crippen LogP contribution in [0.1, 0.15) is 56.8 Å². The van der Waals surface area contributed by atoms with Gasteiger partial charge < -0.3 is 9.84 Å². The van der Waals surface area contributed by atoms with Crippen molar-refractivity contribution in [3.8, 4) is 0 Å². The third-order valence-electron chi connectivity index (χ3n) is 4.02. The standard InChI is InChI=1S/C15H25N3O2/c1-9(2)14-6-12(17-20-14)15(19)16-13-8-18(10(3)4)7-11(13)5/h6,9-11,13H,7-8H2,1-5H3,(H,16,19)/t11?,13-/m1/s1. The zero-order chi connectivity index (χ0) is 14.9. The molecule has 1 fully saturated rings. The molecule has 1 amide bonds. The van der Waals surface area contributed by atoms with Crippen LogP contribution in [-0.4, -0.2) is 41.1 Å². The Labute approximate surface area is 120 Å². The van der Waals surface area contributed by atoms with Gasteiger partial charge in [0.25, 0.3) is 5.91 Å². The number of hydrogen-bond donors (Lipinski definition) is 1. The van der Waals surface area contributed by atoms with E-state index in [-0.39, 0.29) is 17.9 Å². The maximum absolute atomic E-state index is 12.2. The van der Waals surface area contributed by atoms with Crippen LogP contribution in [0.3, 0.4) is 0 Å². The summed E-state index contributed by atoms with van der Waals surface area (Å²) >= 11 is 0. The highest BCUT2D eigenvalue weighted by atomic mass is 16.5. The van der Waals surface area contributed by atoms with Crippen molar-refractivity contribution in [3.05, 3.63) is 17.5 Å². The number of hydrogen-bond acceptors (Lipinski definition) is 4. The Morgan fingerprint density at radius 3 is 2.60 bits per heavy atom. The topological polar surface area (TPSA) is 58.4 Å². The molecule has 0 bridgehead atoms. The summed E-state index contributed by atoms with van der Waals surface area (Å²) in [5.74, 6) is 1.31. The first-order chi connectivity index (χ1) is 9.38. The van der Waals surface area contributed by atoms with Gasteiger partial charge in [-0.1, -0.05) is 25.9 Å². The van der Waals surface area contributed by atoms with E-state index in [4.69, 9.17) is 4.52 Å². The Kier molecular flexibility index (Phi) is 4.48. The molecule has 20 heavy (non-hydrogen) atoms. The molecule has 1 aromatic heterocycles. The first-order valence-corrected chi connectivity index (χ1v) is 7.40. The van der Waals surface area contributed by atoms with Gasteiger partial charge in [0.1, 0.15) is 5.76 Å². The van der Waals surface area contributed by atoms with Gasteiger partial charge in [-0.15, -0.1) is 0 Å². The molecular formula is C15H25N3O2. The van der Waals surface area contributed by atoms with E-state index < -0.39 is 0 Å². The second kappa shape index (κ2) is 5.95. The summed E-state index contributed by atoms with van der Waals surface area (Å²) in [4.78, 5) is 14.6. The minimum absolute atomic E-state index is 0.136. The lowest BCUT2D eigenvalue weighted by atomic mass is 10.1. The van der Waals surface area contributed by atoms with Crippen molar-refractivity contribution in [1.82, 2.24) is 15.4 Å². The van der Waals surface area contributed by atoms with E-state index in [0.29, 0.717) is 17.7 Å². The van der Waals surface area contributed by atoms with Crippen LogP contribution in [0.5, 0.6) is 0 Å². The van der Waals surface area contributed by atoms with Gasteiger partial charge in [0.2, 0.25) is 0 Å². The van der Waals surface area contributed by atoms with Crippen LogP contribution >= 0.6 is 0 Å². The Balaban J connectivity index is 1.97. The van der Waals surface area contributed by atoms with Gasteiger partial charge in [-0.05, 0) is 19.8 Å². The number of carbonyl (C=O) groups is 1. The van der Waals surface area contributed by atoms with Crippen molar-refractivity contribution in [2.75, 3.05) is 13.1 Å². The Bertz CT molecular complexity index is 467. The van der Waals surface area contributed by atoms with Crippen LogP contribution in [0, 0.1) is 5.92 Å². The largest absolute Gasteiger partial charge is 0.360 e. The van der Waals surface area contributed by atoms with Gasteiger partial charge in [-0.2, -0.15) is 0 Å². The average Bonchev–Trinajstić information content (AvgIpc) is 2.97. The fourth-order valence-electron chi connectivity index (χ4n) is 2.52. The minimum Gasteiger partial charge on any atom is -0.360 e. The number of amides is 1. The molecule has 5 heteroatoms. The van der Waals surface area contributed by atoms with Crippen LogP contribution in [0.15, 0.2) is 10.6 Å². The molecule has 1 aromatic rings. The smallest absolute Gasteiger partial charge is 0.273 e. The highest BCUT2D eigenvalue weighted by Gasteiger charge is 2.32. The van der Waals surface area contributed by atoms with Gasteiger partial charge in [-0.3, -0.25) is 9.69 Å². The SMILES string of the molecule is CC(C)c1cc(C(=O)N[C@@H]2CN(C(C)C)CC2C)no1. The maximum atomic E-state index is 12.2. The number of rotatable bonds is 4. The van der Waals surface area contributed by atoms with Gasteiger partial charge in [0.05, 0.1) is 0 Å². The molecule has 0 radical (unpaired) electrons. The number of nitrogens with one attached hydrogen (secondary N) is 1. The van der Waals surface area contributed by atoms with Crippen molar-refractivity contribution in [2.45, 2.75) is 52.6 Å². The molecule has 5 nitrogen and oxygen atoms in total. The average molecular weight is 279 g/mol. The summed E-state index contributed by atoms with van der Waals surface area (Å²) in [6.45, 7) is 12.5. The highest BCUT2D eigenvalue weighted by molar-refractivity contribution is 5.92. The van der Waals surface area contributed by atoms with E-state index in [2.05, 4.69) is 36.1 Å². The molecule has 1 N–H and O–H groups in total. The quantitative estimate of drug-likeness (QED) is 0.918. The second-order valence-corrected chi connectivity index (χ2v) is 6.37. The van der Waals surface area contributed by atoms with E-state index in [1.807, 2.05) is 13.8 Å². The summed E-state index contributed by atoms with van der Waals surface area (Å²) in [5.41, 5.74) is 0.379. The lowest BCUT2D eigenvalue weighted by Crippen LogP contribution is -2.40. The molecule has 1 aliphatic heterocycles. The molecule has 2 atom stereocenters. The van der Waals surface area contributed by atoms with Crippen molar-refractivity contribution >= 4 is 5.91 Å². The van der Waals surface area contributed by atoms with Crippen LogP contribution in [0.2, 0.25) is 0 Å². The highest BCUT2D eigenvalue weighted by Crippen LogP contribution is 2.20. The van der Waals surface area contributed by atoms with E-state index in [1.165, 1.54) is 0 Å². The lowest BCUT2D eigenvalue weighted by Gasteiger charge is -2.20. The molecular weight excluding hydrogens is 254 g/mol. The number of likely N-dealkylation sites (tertiary alicyclic amines) is 1. The van der Waals surface area contributed by atoms with Gasteiger partial charge >= 0.3 is 0 Å². The fraction of sp³-hybridized carbons (Fsp3) is 0.733. The lowest BCUT2D eigenvalue weighted by molar-refractivity contribution is 0.0921. The van der Waals surface area contributed by atoms with E-state index in [9.17, 15) is 4.79 Å². The molecule has 0 spiro atoms. The Morgan fingerprint density at radius 2 is 2.10 bits per heavy atom. The molecule has 112 valence electrons. The molecule has 1 saturated heterocycles. The molecule has 1 unspecified atom stereocenters. The number of aromatic nitrogens is 1. The van der Waals surface area contributed by atoms with Gasteiger partial charge in [-0.25, -0.2) is 0 Å².